The number of hydrogen-bond acceptors (Lipinski definition) is 5. The summed E-state index contributed by atoms with van der Waals surface area (Å²) in [5.74, 6) is 0. The molecule has 4 N–H and O–H groups in total. The zero-order chi connectivity index (χ0) is 8.43. The minimum atomic E-state index is -1.22. The molecule has 1 fully saturated rings. The van der Waals surface area contributed by atoms with Crippen molar-refractivity contribution in [2.24, 2.45) is 0 Å². The molecule has 0 saturated carbocycles. The summed E-state index contributed by atoms with van der Waals surface area (Å²) in [4.78, 5) is 0. The van der Waals surface area contributed by atoms with Crippen LogP contribution in [0.15, 0.2) is 0 Å². The Labute approximate surface area is 63.8 Å². The second kappa shape index (κ2) is 3.46. The maximum Gasteiger partial charge on any atom is 0.111 e. The average Bonchev–Trinajstić information content (AvgIpc) is 2.01. The Kier molecular flexibility index (Phi) is 2.80. The van der Waals surface area contributed by atoms with Gasteiger partial charge in [0.25, 0.3) is 0 Å². The van der Waals surface area contributed by atoms with E-state index >= 15 is 0 Å². The first-order valence-electron chi connectivity index (χ1n) is 3.43. The Bertz CT molecular complexity index is 126. The second-order valence-corrected chi connectivity index (χ2v) is 2.60. The van der Waals surface area contributed by atoms with Crippen LogP contribution in [0.1, 0.15) is 0 Å². The smallest absolute Gasteiger partial charge is 0.111 e. The molecule has 1 heterocycles. The van der Waals surface area contributed by atoms with E-state index in [1.807, 2.05) is 0 Å². The van der Waals surface area contributed by atoms with E-state index in [4.69, 9.17) is 25.2 Å². The third kappa shape index (κ3) is 1.69. The van der Waals surface area contributed by atoms with Crippen molar-refractivity contribution in [3.8, 4) is 0 Å². The van der Waals surface area contributed by atoms with Crippen LogP contribution in [0.3, 0.4) is 0 Å². The summed E-state index contributed by atoms with van der Waals surface area (Å²) in [6, 6.07) is 0. The summed E-state index contributed by atoms with van der Waals surface area (Å²) in [6.45, 7) is -0.408. The van der Waals surface area contributed by atoms with Crippen molar-refractivity contribution in [1.82, 2.24) is 0 Å². The fraction of sp³-hybridized carbons (Fsp3) is 1.00. The molecule has 0 aromatic rings. The Morgan fingerprint density at radius 3 is 2.36 bits per heavy atom. The van der Waals surface area contributed by atoms with Crippen molar-refractivity contribution in [2.75, 3.05) is 13.2 Å². The van der Waals surface area contributed by atoms with Crippen LogP contribution in [0, 0.1) is 0 Å². The minimum absolute atomic E-state index is 0.0521. The minimum Gasteiger partial charge on any atom is -0.394 e. The molecular weight excluding hydrogens is 152 g/mol. The third-order valence-electron chi connectivity index (χ3n) is 1.79. The third-order valence-corrected chi connectivity index (χ3v) is 1.79. The first kappa shape index (κ1) is 8.89. The van der Waals surface area contributed by atoms with Gasteiger partial charge in [0, 0.05) is 0 Å². The largest absolute Gasteiger partial charge is 0.394 e. The molecule has 0 bridgehead atoms. The van der Waals surface area contributed by atoms with Gasteiger partial charge in [-0.05, 0) is 0 Å². The number of rotatable bonds is 1. The standard InChI is InChI=1S/C6H12O5/c7-1-4-6(10)5(9)3(8)2-11-4/h3-10H,1-2H2/t3?,4?,5-,6?/m0/s1. The van der Waals surface area contributed by atoms with Gasteiger partial charge in [0.15, 0.2) is 0 Å². The Hall–Kier alpha value is -0.200. The molecular formula is C6H12O5. The van der Waals surface area contributed by atoms with E-state index < -0.39 is 24.4 Å². The lowest BCUT2D eigenvalue weighted by atomic mass is 10.0. The Morgan fingerprint density at radius 1 is 1.18 bits per heavy atom. The van der Waals surface area contributed by atoms with Crippen LogP contribution in [-0.4, -0.2) is 58.1 Å². The number of aliphatic hydroxyl groups is 4. The van der Waals surface area contributed by atoms with Gasteiger partial charge < -0.3 is 25.2 Å². The van der Waals surface area contributed by atoms with Crippen LogP contribution in [0.4, 0.5) is 0 Å². The maximum absolute atomic E-state index is 9.11. The highest BCUT2D eigenvalue weighted by molar-refractivity contribution is 4.85. The van der Waals surface area contributed by atoms with Crippen molar-refractivity contribution in [2.45, 2.75) is 24.4 Å². The molecule has 66 valence electrons. The van der Waals surface area contributed by atoms with Crippen molar-refractivity contribution in [3.63, 3.8) is 0 Å². The molecule has 5 heteroatoms. The van der Waals surface area contributed by atoms with Crippen LogP contribution in [-0.2, 0) is 4.74 Å². The zero-order valence-corrected chi connectivity index (χ0v) is 5.92. The van der Waals surface area contributed by atoms with Gasteiger partial charge in [-0.1, -0.05) is 0 Å². The van der Waals surface area contributed by atoms with Crippen LogP contribution in [0.2, 0.25) is 0 Å². The van der Waals surface area contributed by atoms with Gasteiger partial charge in [0.05, 0.1) is 13.2 Å². The van der Waals surface area contributed by atoms with Gasteiger partial charge in [-0.2, -0.15) is 0 Å². The van der Waals surface area contributed by atoms with Crippen molar-refractivity contribution >= 4 is 0 Å². The van der Waals surface area contributed by atoms with E-state index in [9.17, 15) is 0 Å². The second-order valence-electron chi connectivity index (χ2n) is 2.60. The molecule has 1 aliphatic rings. The summed E-state index contributed by atoms with van der Waals surface area (Å²) in [7, 11) is 0. The fourth-order valence-corrected chi connectivity index (χ4v) is 1.03. The predicted molar refractivity (Wildman–Crippen MR) is 34.8 cm³/mol. The van der Waals surface area contributed by atoms with E-state index in [2.05, 4.69) is 0 Å². The SMILES string of the molecule is OCC1OCC(O)[C@H](O)C1O. The van der Waals surface area contributed by atoms with Crippen LogP contribution < -0.4 is 0 Å². The van der Waals surface area contributed by atoms with Crippen LogP contribution in [0.5, 0.6) is 0 Å². The molecule has 5 nitrogen and oxygen atoms in total. The van der Waals surface area contributed by atoms with Gasteiger partial charge in [0.1, 0.15) is 24.4 Å². The normalized spacial score (nSPS) is 45.8. The van der Waals surface area contributed by atoms with Crippen molar-refractivity contribution < 1.29 is 25.2 Å². The maximum atomic E-state index is 9.11. The highest BCUT2D eigenvalue weighted by atomic mass is 16.5. The van der Waals surface area contributed by atoms with Gasteiger partial charge in [-0.3, -0.25) is 0 Å². The Morgan fingerprint density at radius 2 is 1.82 bits per heavy atom. The quantitative estimate of drug-likeness (QED) is 0.343. The fourth-order valence-electron chi connectivity index (χ4n) is 1.03. The van der Waals surface area contributed by atoms with E-state index in [1.54, 1.807) is 0 Å². The van der Waals surface area contributed by atoms with Gasteiger partial charge in [-0.25, -0.2) is 0 Å². The van der Waals surface area contributed by atoms with E-state index in [0.717, 1.165) is 0 Å². The lowest BCUT2D eigenvalue weighted by Gasteiger charge is -2.34. The van der Waals surface area contributed by atoms with Gasteiger partial charge >= 0.3 is 0 Å². The summed E-state index contributed by atoms with van der Waals surface area (Å²) in [5, 5.41) is 35.7. The van der Waals surface area contributed by atoms with Crippen LogP contribution >= 0.6 is 0 Å². The average molecular weight is 164 g/mol. The summed E-state index contributed by atoms with van der Waals surface area (Å²) in [6.07, 6.45) is -4.27. The lowest BCUT2D eigenvalue weighted by Crippen LogP contribution is -2.53. The number of ether oxygens (including phenoxy) is 1. The predicted octanol–water partition coefficient (Wildman–Crippen LogP) is -2.54. The van der Waals surface area contributed by atoms with Gasteiger partial charge in [0.2, 0.25) is 0 Å². The molecule has 4 atom stereocenters. The Balaban J connectivity index is 2.52. The lowest BCUT2D eigenvalue weighted by molar-refractivity contribution is -0.195. The zero-order valence-electron chi connectivity index (χ0n) is 5.92. The summed E-state index contributed by atoms with van der Waals surface area (Å²) < 4.78 is 4.81. The molecule has 1 saturated heterocycles. The number of aliphatic hydroxyl groups excluding tert-OH is 4. The first-order chi connectivity index (χ1) is 5.16. The molecule has 0 spiro atoms. The van der Waals surface area contributed by atoms with E-state index in [-0.39, 0.29) is 13.2 Å². The molecule has 0 aliphatic carbocycles. The molecule has 1 aliphatic heterocycles. The van der Waals surface area contributed by atoms with E-state index in [0.29, 0.717) is 0 Å². The van der Waals surface area contributed by atoms with Crippen molar-refractivity contribution in [1.29, 1.82) is 0 Å². The van der Waals surface area contributed by atoms with Gasteiger partial charge in [-0.15, -0.1) is 0 Å². The molecule has 0 amide bonds. The first-order valence-corrected chi connectivity index (χ1v) is 3.43. The van der Waals surface area contributed by atoms with Crippen LogP contribution in [0.25, 0.3) is 0 Å². The van der Waals surface area contributed by atoms with E-state index in [1.165, 1.54) is 0 Å². The number of hydrogen-bond donors (Lipinski definition) is 4. The summed E-state index contributed by atoms with van der Waals surface area (Å²) in [5.41, 5.74) is 0. The molecule has 1 rings (SSSR count). The molecule has 3 unspecified atom stereocenters. The molecule has 11 heavy (non-hydrogen) atoms. The molecule has 0 radical (unpaired) electrons. The summed E-state index contributed by atoms with van der Waals surface area (Å²) >= 11 is 0. The highest BCUT2D eigenvalue weighted by Gasteiger charge is 2.36. The molecule has 0 aromatic heterocycles. The van der Waals surface area contributed by atoms with Crippen molar-refractivity contribution in [3.05, 3.63) is 0 Å². The topological polar surface area (TPSA) is 90.2 Å². The molecule has 0 aromatic carbocycles. The monoisotopic (exact) mass is 164 g/mol. The highest BCUT2D eigenvalue weighted by Crippen LogP contribution is 2.14.